The second kappa shape index (κ2) is 6.93. The minimum absolute atomic E-state index is 0.0388. The molecule has 0 saturated carbocycles. The fourth-order valence-electron chi connectivity index (χ4n) is 2.45. The van der Waals surface area contributed by atoms with E-state index >= 15 is 0 Å². The first-order chi connectivity index (χ1) is 11.9. The van der Waals surface area contributed by atoms with Gasteiger partial charge in [-0.05, 0) is 68.5 Å². The molecule has 0 aliphatic carbocycles. The summed E-state index contributed by atoms with van der Waals surface area (Å²) in [5.41, 5.74) is 0.488. The Kier molecular flexibility index (Phi) is 4.87. The Morgan fingerprint density at radius 3 is 2.52 bits per heavy atom. The molecule has 5 nitrogen and oxygen atoms in total. The van der Waals surface area contributed by atoms with E-state index in [1.807, 2.05) is 13.8 Å². The predicted octanol–water partition coefficient (Wildman–Crippen LogP) is 4.30. The first-order valence-corrected chi connectivity index (χ1v) is 8.83. The van der Waals surface area contributed by atoms with E-state index in [1.54, 1.807) is 42.5 Å². The Hall–Kier alpha value is -2.25. The summed E-state index contributed by atoms with van der Waals surface area (Å²) in [5, 5.41) is 0.385. The third-order valence-corrected chi connectivity index (χ3v) is 4.31. The Bertz CT molecular complexity index is 1070. The number of H-pyrrole nitrogens is 1. The van der Waals surface area contributed by atoms with E-state index in [2.05, 4.69) is 20.9 Å². The van der Waals surface area contributed by atoms with Crippen molar-refractivity contribution in [1.82, 2.24) is 9.55 Å². The summed E-state index contributed by atoms with van der Waals surface area (Å²) in [6.45, 7) is 3.84. The van der Waals surface area contributed by atoms with Crippen LogP contribution in [0, 0.1) is 4.77 Å². The molecule has 0 radical (unpaired) electrons. The number of carbonyl (C=O) groups excluding carboxylic acids is 1. The summed E-state index contributed by atoms with van der Waals surface area (Å²) in [5.74, 6) is 0.177. The maximum Gasteiger partial charge on any atom is 0.269 e. The minimum atomic E-state index is -0.482. The summed E-state index contributed by atoms with van der Waals surface area (Å²) in [6.07, 6.45) is 0.0388. The van der Waals surface area contributed by atoms with E-state index in [9.17, 15) is 9.59 Å². The number of aromatic amines is 1. The van der Waals surface area contributed by atoms with Crippen LogP contribution >= 0.6 is 28.1 Å². The standard InChI is InChI=1S/C18H15BrN2O3S/c1-10(2)24-13-6-3-11(4-7-13)16(22)21-17(23)14-9-12(19)5-8-15(14)20-18(21)25/h3-10H,1-2H3,(H,20,25). The average molecular weight is 419 g/mol. The van der Waals surface area contributed by atoms with Crippen molar-refractivity contribution in [2.24, 2.45) is 0 Å². The van der Waals surface area contributed by atoms with Crippen molar-refractivity contribution in [2.45, 2.75) is 20.0 Å². The first-order valence-electron chi connectivity index (χ1n) is 7.63. The predicted molar refractivity (Wildman–Crippen MR) is 103 cm³/mol. The van der Waals surface area contributed by atoms with Crippen LogP contribution in [0.15, 0.2) is 51.7 Å². The molecule has 25 heavy (non-hydrogen) atoms. The summed E-state index contributed by atoms with van der Waals surface area (Å²) in [6, 6.07) is 11.8. The molecule has 0 spiro atoms. The van der Waals surface area contributed by atoms with Crippen LogP contribution in [0.5, 0.6) is 5.75 Å². The van der Waals surface area contributed by atoms with Gasteiger partial charge in [0.1, 0.15) is 5.75 Å². The second-order valence-corrected chi connectivity index (χ2v) is 7.06. The van der Waals surface area contributed by atoms with Crippen molar-refractivity contribution in [3.63, 3.8) is 0 Å². The highest BCUT2D eigenvalue weighted by molar-refractivity contribution is 9.10. The zero-order valence-electron chi connectivity index (χ0n) is 13.6. The molecule has 0 aliphatic rings. The van der Waals surface area contributed by atoms with Crippen molar-refractivity contribution >= 4 is 45.0 Å². The number of halogens is 1. The summed E-state index contributed by atoms with van der Waals surface area (Å²) in [7, 11) is 0. The molecule has 1 heterocycles. The lowest BCUT2D eigenvalue weighted by Gasteiger charge is -2.10. The molecule has 128 valence electrons. The maximum absolute atomic E-state index is 12.8. The number of nitrogens with one attached hydrogen (secondary N) is 1. The van der Waals surface area contributed by atoms with Gasteiger partial charge in [0.2, 0.25) is 0 Å². The van der Waals surface area contributed by atoms with Crippen LogP contribution in [0.3, 0.4) is 0 Å². The van der Waals surface area contributed by atoms with Gasteiger partial charge in [0, 0.05) is 10.0 Å². The highest BCUT2D eigenvalue weighted by atomic mass is 79.9. The zero-order valence-corrected chi connectivity index (χ0v) is 16.0. The molecule has 3 rings (SSSR count). The number of ether oxygens (including phenoxy) is 1. The Labute approximate surface area is 157 Å². The molecular formula is C18H15BrN2O3S. The van der Waals surface area contributed by atoms with E-state index in [1.165, 1.54) is 0 Å². The normalized spacial score (nSPS) is 11.0. The Morgan fingerprint density at radius 1 is 1.20 bits per heavy atom. The molecule has 1 N–H and O–H groups in total. The monoisotopic (exact) mass is 418 g/mol. The second-order valence-electron chi connectivity index (χ2n) is 5.76. The van der Waals surface area contributed by atoms with Gasteiger partial charge in [-0.25, -0.2) is 4.57 Å². The smallest absolute Gasteiger partial charge is 0.269 e. The Balaban J connectivity index is 2.08. The van der Waals surface area contributed by atoms with Crippen LogP contribution in [0.25, 0.3) is 10.9 Å². The van der Waals surface area contributed by atoms with Gasteiger partial charge in [-0.1, -0.05) is 15.9 Å². The summed E-state index contributed by atoms with van der Waals surface area (Å²) in [4.78, 5) is 28.4. The van der Waals surface area contributed by atoms with Crippen molar-refractivity contribution in [1.29, 1.82) is 0 Å². The SMILES string of the molecule is CC(C)Oc1ccc(C(=O)n2c(=S)[nH]c3ccc(Br)cc3c2=O)cc1. The van der Waals surface area contributed by atoms with Gasteiger partial charge >= 0.3 is 0 Å². The number of hydrogen-bond acceptors (Lipinski definition) is 4. The molecule has 0 bridgehead atoms. The van der Waals surface area contributed by atoms with Crippen LogP contribution < -0.4 is 10.3 Å². The first kappa shape index (κ1) is 17.6. The average Bonchev–Trinajstić information content (AvgIpc) is 2.56. The molecule has 0 saturated heterocycles. The lowest BCUT2D eigenvalue weighted by molar-refractivity contribution is 0.0953. The van der Waals surface area contributed by atoms with E-state index in [-0.39, 0.29) is 10.9 Å². The molecular weight excluding hydrogens is 404 g/mol. The van der Waals surface area contributed by atoms with Gasteiger partial charge in [-0.2, -0.15) is 0 Å². The molecule has 7 heteroatoms. The third-order valence-electron chi connectivity index (χ3n) is 3.54. The number of fused-ring (bicyclic) bond motifs is 1. The van der Waals surface area contributed by atoms with E-state index in [4.69, 9.17) is 17.0 Å². The van der Waals surface area contributed by atoms with Gasteiger partial charge in [-0.15, -0.1) is 0 Å². The largest absolute Gasteiger partial charge is 0.491 e. The zero-order chi connectivity index (χ0) is 18.1. The van der Waals surface area contributed by atoms with Crippen LogP contribution in [0.1, 0.15) is 24.2 Å². The van der Waals surface area contributed by atoms with Crippen LogP contribution in [0.2, 0.25) is 0 Å². The van der Waals surface area contributed by atoms with Gasteiger partial charge in [0.15, 0.2) is 4.77 Å². The van der Waals surface area contributed by atoms with Crippen LogP contribution in [-0.2, 0) is 0 Å². The number of carbonyl (C=O) groups is 1. The summed E-state index contributed by atoms with van der Waals surface area (Å²) < 4.78 is 7.35. The molecule has 0 unspecified atom stereocenters. The molecule has 3 aromatic rings. The lowest BCUT2D eigenvalue weighted by atomic mass is 10.2. The molecule has 0 atom stereocenters. The van der Waals surface area contributed by atoms with Crippen LogP contribution in [0.4, 0.5) is 0 Å². The number of rotatable bonds is 3. The third kappa shape index (κ3) is 3.57. The lowest BCUT2D eigenvalue weighted by Crippen LogP contribution is -2.29. The quantitative estimate of drug-likeness (QED) is 0.644. The van der Waals surface area contributed by atoms with Gasteiger partial charge in [0.05, 0.1) is 17.0 Å². The fourth-order valence-corrected chi connectivity index (χ4v) is 3.08. The Morgan fingerprint density at radius 2 is 1.88 bits per heavy atom. The van der Waals surface area contributed by atoms with Gasteiger partial charge in [0.25, 0.3) is 11.5 Å². The molecule has 1 aromatic heterocycles. The fraction of sp³-hybridized carbons (Fsp3) is 0.167. The molecule has 2 aromatic carbocycles. The highest BCUT2D eigenvalue weighted by Gasteiger charge is 2.15. The van der Waals surface area contributed by atoms with Crippen molar-refractivity contribution in [3.8, 4) is 5.75 Å². The van der Waals surface area contributed by atoms with E-state index in [0.29, 0.717) is 22.2 Å². The van der Waals surface area contributed by atoms with E-state index < -0.39 is 11.5 Å². The number of nitrogens with zero attached hydrogens (tertiary/aromatic N) is 1. The van der Waals surface area contributed by atoms with E-state index in [0.717, 1.165) is 9.04 Å². The van der Waals surface area contributed by atoms with Crippen molar-refractivity contribution < 1.29 is 9.53 Å². The van der Waals surface area contributed by atoms with Crippen LogP contribution in [-0.4, -0.2) is 21.6 Å². The number of hydrogen-bond donors (Lipinski definition) is 1. The topological polar surface area (TPSA) is 64.1 Å². The van der Waals surface area contributed by atoms with Crippen molar-refractivity contribution in [3.05, 3.63) is 67.6 Å². The number of benzene rings is 2. The number of aromatic nitrogens is 2. The minimum Gasteiger partial charge on any atom is -0.491 e. The molecule has 0 fully saturated rings. The highest BCUT2D eigenvalue weighted by Crippen LogP contribution is 2.17. The van der Waals surface area contributed by atoms with Gasteiger partial charge < -0.3 is 9.72 Å². The van der Waals surface area contributed by atoms with Crippen molar-refractivity contribution in [2.75, 3.05) is 0 Å². The maximum atomic E-state index is 12.8. The molecule has 0 aliphatic heterocycles. The summed E-state index contributed by atoms with van der Waals surface area (Å²) >= 11 is 8.54. The molecule has 0 amide bonds. The van der Waals surface area contributed by atoms with Gasteiger partial charge in [-0.3, -0.25) is 9.59 Å².